The molecule has 3 rings (SSSR count). The molecule has 3 aliphatic rings. The van der Waals surface area contributed by atoms with Crippen molar-refractivity contribution >= 4 is 5.97 Å². The summed E-state index contributed by atoms with van der Waals surface area (Å²) in [7, 11) is 2.33. The molecule has 3 fully saturated rings. The van der Waals surface area contributed by atoms with Gasteiger partial charge in [-0.2, -0.15) is 0 Å². The lowest BCUT2D eigenvalue weighted by molar-refractivity contribution is -1.08. The first-order valence-electron chi connectivity index (χ1n) is 5.36. The van der Waals surface area contributed by atoms with Gasteiger partial charge in [0.1, 0.15) is 39.3 Å². The Bertz CT molecular complexity index is 228. The van der Waals surface area contributed by atoms with Gasteiger partial charge < -0.3 is 9.22 Å². The minimum absolute atomic E-state index is 0.147. The summed E-state index contributed by atoms with van der Waals surface area (Å²) >= 11 is 0. The number of hydrogen-bond donors (Lipinski definition) is 0. The van der Waals surface area contributed by atoms with Crippen LogP contribution >= 0.6 is 0 Å². The molecule has 3 aliphatic heterocycles. The van der Waals surface area contributed by atoms with Crippen LogP contribution in [0.1, 0.15) is 6.92 Å². The average molecular weight is 200 g/mol. The molecule has 0 aromatic rings. The first-order valence-corrected chi connectivity index (χ1v) is 5.36. The topological polar surface area (TPSA) is 26.3 Å². The molecule has 0 aromatic carbocycles. The van der Waals surface area contributed by atoms with Crippen LogP contribution in [-0.4, -0.2) is 68.0 Å². The van der Waals surface area contributed by atoms with Gasteiger partial charge >= 0.3 is 5.97 Å². The van der Waals surface area contributed by atoms with Gasteiger partial charge in [-0.15, -0.1) is 0 Å². The number of ether oxygens (including phenoxy) is 1. The van der Waals surface area contributed by atoms with Crippen LogP contribution in [0, 0.1) is 0 Å². The van der Waals surface area contributed by atoms with E-state index in [4.69, 9.17) is 4.74 Å². The number of piperazine rings is 3. The number of quaternary nitrogens is 2. The van der Waals surface area contributed by atoms with Crippen molar-refractivity contribution in [2.75, 3.05) is 53.0 Å². The van der Waals surface area contributed by atoms with Gasteiger partial charge in [0.2, 0.25) is 6.73 Å². The Hall–Kier alpha value is -0.610. The van der Waals surface area contributed by atoms with Crippen molar-refractivity contribution in [2.24, 2.45) is 0 Å². The molecule has 80 valence electrons. The Morgan fingerprint density at radius 2 is 1.64 bits per heavy atom. The molecular weight excluding hydrogens is 180 g/mol. The maximum atomic E-state index is 10.8. The van der Waals surface area contributed by atoms with Gasteiger partial charge in [0.05, 0.1) is 7.05 Å². The van der Waals surface area contributed by atoms with Gasteiger partial charge in [-0.3, -0.25) is 9.28 Å². The predicted octanol–water partition coefficient (Wildman–Crippen LogP) is -0.202. The molecule has 4 nitrogen and oxygen atoms in total. The van der Waals surface area contributed by atoms with Crippen LogP contribution in [0.5, 0.6) is 0 Å². The van der Waals surface area contributed by atoms with Gasteiger partial charge in [-0.1, -0.05) is 0 Å². The van der Waals surface area contributed by atoms with E-state index in [-0.39, 0.29) is 5.97 Å². The van der Waals surface area contributed by atoms with E-state index in [2.05, 4.69) is 7.05 Å². The van der Waals surface area contributed by atoms with Gasteiger partial charge in [-0.05, 0) is 0 Å². The number of carbonyl (C=O) groups excluding carboxylic acids is 1. The fraction of sp³-hybridized carbons (Fsp3) is 0.900. The summed E-state index contributed by atoms with van der Waals surface area (Å²) in [5.74, 6) is -0.147. The summed E-state index contributed by atoms with van der Waals surface area (Å²) < 4.78 is 7.39. The molecule has 2 bridgehead atoms. The minimum atomic E-state index is -0.147. The summed E-state index contributed by atoms with van der Waals surface area (Å²) in [6, 6.07) is 0. The molecule has 0 N–H and O–H groups in total. The third kappa shape index (κ3) is 1.77. The highest BCUT2D eigenvalue weighted by atomic mass is 16.5. The summed E-state index contributed by atoms with van der Waals surface area (Å²) in [5, 5.41) is 0. The van der Waals surface area contributed by atoms with E-state index in [0.717, 1.165) is 4.48 Å². The molecule has 0 radical (unpaired) electrons. The lowest BCUT2D eigenvalue weighted by atomic mass is 10.1. The van der Waals surface area contributed by atoms with E-state index < -0.39 is 0 Å². The van der Waals surface area contributed by atoms with Crippen LogP contribution in [0.4, 0.5) is 0 Å². The molecule has 0 aliphatic carbocycles. The number of fused-ring (bicyclic) bond motifs is 3. The normalized spacial score (nSPS) is 41.0. The molecule has 3 saturated heterocycles. The molecule has 0 saturated carbocycles. The Balaban J connectivity index is 1.95. The molecule has 14 heavy (non-hydrogen) atoms. The van der Waals surface area contributed by atoms with E-state index in [1.54, 1.807) is 0 Å². The second kappa shape index (κ2) is 3.21. The van der Waals surface area contributed by atoms with Crippen molar-refractivity contribution in [2.45, 2.75) is 6.92 Å². The fourth-order valence-electron chi connectivity index (χ4n) is 2.45. The number of hydrogen-bond acceptors (Lipinski definition) is 2. The highest BCUT2D eigenvalue weighted by Gasteiger charge is 2.47. The standard InChI is InChI=1S/C10H20N2O2/c1-10(13)14-9-12-6-3-11(2,4-7-12)5-8-12/h3-9H2,1-2H3/q+2. The number of rotatable bonds is 2. The van der Waals surface area contributed by atoms with E-state index in [1.165, 1.54) is 50.7 Å². The Kier molecular flexibility index (Phi) is 2.27. The average Bonchev–Trinajstić information content (AvgIpc) is 2.17. The highest BCUT2D eigenvalue weighted by molar-refractivity contribution is 5.65. The molecule has 0 amide bonds. The van der Waals surface area contributed by atoms with Gasteiger partial charge in [-0.25, -0.2) is 0 Å². The number of esters is 1. The van der Waals surface area contributed by atoms with Crippen molar-refractivity contribution in [3.05, 3.63) is 0 Å². The van der Waals surface area contributed by atoms with Crippen LogP contribution < -0.4 is 0 Å². The number of carbonyl (C=O) groups is 1. The smallest absolute Gasteiger partial charge is 0.306 e. The van der Waals surface area contributed by atoms with Crippen molar-refractivity contribution in [1.29, 1.82) is 0 Å². The van der Waals surface area contributed by atoms with Crippen LogP contribution in [0.3, 0.4) is 0 Å². The molecule has 0 spiro atoms. The number of nitrogens with zero attached hydrogens (tertiary/aromatic N) is 2. The van der Waals surface area contributed by atoms with E-state index in [1.807, 2.05) is 0 Å². The molecule has 4 heteroatoms. The third-order valence-electron chi connectivity index (χ3n) is 3.88. The first-order chi connectivity index (χ1) is 6.54. The zero-order valence-electron chi connectivity index (χ0n) is 9.16. The Labute approximate surface area is 85.2 Å². The van der Waals surface area contributed by atoms with Crippen molar-refractivity contribution in [3.8, 4) is 0 Å². The van der Waals surface area contributed by atoms with Crippen molar-refractivity contribution in [1.82, 2.24) is 0 Å². The molecule has 3 heterocycles. The quantitative estimate of drug-likeness (QED) is 0.456. The zero-order chi connectivity index (χ0) is 10.2. The molecule has 0 atom stereocenters. The minimum Gasteiger partial charge on any atom is -0.415 e. The van der Waals surface area contributed by atoms with Crippen LogP contribution in [-0.2, 0) is 9.53 Å². The first kappa shape index (κ1) is 9.93. The third-order valence-corrected chi connectivity index (χ3v) is 3.88. The van der Waals surface area contributed by atoms with Gasteiger partial charge in [0.15, 0.2) is 0 Å². The lowest BCUT2D eigenvalue weighted by Crippen LogP contribution is -2.74. The zero-order valence-corrected chi connectivity index (χ0v) is 9.16. The highest BCUT2D eigenvalue weighted by Crippen LogP contribution is 2.24. The van der Waals surface area contributed by atoms with Crippen LogP contribution in [0.15, 0.2) is 0 Å². The second-order valence-electron chi connectivity index (χ2n) is 5.07. The van der Waals surface area contributed by atoms with Crippen molar-refractivity contribution in [3.63, 3.8) is 0 Å². The van der Waals surface area contributed by atoms with E-state index in [0.29, 0.717) is 6.73 Å². The molecular formula is C10H20N2O2+2. The summed E-state index contributed by atoms with van der Waals surface area (Å²) in [4.78, 5) is 10.8. The van der Waals surface area contributed by atoms with E-state index in [9.17, 15) is 4.79 Å². The predicted molar refractivity (Wildman–Crippen MR) is 52.3 cm³/mol. The monoisotopic (exact) mass is 200 g/mol. The number of likely N-dealkylation sites (N-methyl/N-ethyl adjacent to an activating group) is 1. The summed E-state index contributed by atoms with van der Waals surface area (Å²) in [6.45, 7) is 9.31. The largest absolute Gasteiger partial charge is 0.415 e. The summed E-state index contributed by atoms with van der Waals surface area (Å²) in [5.41, 5.74) is 0. The molecule has 0 aromatic heterocycles. The van der Waals surface area contributed by atoms with Crippen LogP contribution in [0.25, 0.3) is 0 Å². The van der Waals surface area contributed by atoms with Crippen molar-refractivity contribution < 1.29 is 18.5 Å². The Morgan fingerprint density at radius 1 is 1.14 bits per heavy atom. The fourth-order valence-corrected chi connectivity index (χ4v) is 2.45. The maximum absolute atomic E-state index is 10.8. The Morgan fingerprint density at radius 3 is 2.07 bits per heavy atom. The lowest BCUT2D eigenvalue weighted by Gasteiger charge is -2.53. The second-order valence-corrected chi connectivity index (χ2v) is 5.07. The van der Waals surface area contributed by atoms with Crippen LogP contribution in [0.2, 0.25) is 0 Å². The maximum Gasteiger partial charge on any atom is 0.306 e. The summed E-state index contributed by atoms with van der Waals surface area (Å²) in [6.07, 6.45) is 0. The van der Waals surface area contributed by atoms with Gasteiger partial charge in [0, 0.05) is 6.92 Å². The van der Waals surface area contributed by atoms with E-state index >= 15 is 0 Å². The van der Waals surface area contributed by atoms with Gasteiger partial charge in [0.25, 0.3) is 0 Å². The molecule has 0 unspecified atom stereocenters. The SMILES string of the molecule is CC(=O)OC[N+]12CC[N+](C)(CC1)CC2.